The normalized spacial score (nSPS) is 23.7. The van der Waals surface area contributed by atoms with E-state index in [1.54, 1.807) is 12.1 Å². The van der Waals surface area contributed by atoms with Crippen LogP contribution in [0.5, 0.6) is 0 Å². The molecule has 1 fully saturated rings. The van der Waals surface area contributed by atoms with E-state index in [2.05, 4.69) is 5.32 Å². The van der Waals surface area contributed by atoms with E-state index in [0.29, 0.717) is 27.2 Å². The summed E-state index contributed by atoms with van der Waals surface area (Å²) in [6.07, 6.45) is 0.477. The fraction of sp³-hybridized carbons (Fsp3) is 0.235. The van der Waals surface area contributed by atoms with Gasteiger partial charge in [-0.25, -0.2) is 4.79 Å². The van der Waals surface area contributed by atoms with Crippen LogP contribution in [-0.4, -0.2) is 12.0 Å². The number of nitrogens with one attached hydrogen (secondary N) is 1. The largest absolute Gasteiger partial charge is 0.453 e. The third-order valence-electron chi connectivity index (χ3n) is 3.91. The van der Waals surface area contributed by atoms with Crippen LogP contribution in [0.4, 0.5) is 5.69 Å². The van der Waals surface area contributed by atoms with E-state index in [1.165, 1.54) is 0 Å². The van der Waals surface area contributed by atoms with Gasteiger partial charge in [0, 0.05) is 11.4 Å². The summed E-state index contributed by atoms with van der Waals surface area (Å²) in [5.41, 5.74) is 0.754. The quantitative estimate of drug-likeness (QED) is 0.746. The van der Waals surface area contributed by atoms with Gasteiger partial charge in [-0.05, 0) is 24.6 Å². The Morgan fingerprint density at radius 1 is 1.13 bits per heavy atom. The molecule has 1 aliphatic heterocycles. The van der Waals surface area contributed by atoms with Crippen molar-refractivity contribution in [2.75, 3.05) is 5.32 Å². The number of esters is 1. The second-order valence-corrected chi connectivity index (χ2v) is 6.91. The first kappa shape index (κ1) is 16.4. The molecule has 2 aromatic carbocycles. The van der Waals surface area contributed by atoms with Crippen molar-refractivity contribution in [2.45, 2.75) is 25.0 Å². The van der Waals surface area contributed by atoms with E-state index in [4.69, 9.17) is 39.5 Å². The topological polar surface area (TPSA) is 38.3 Å². The van der Waals surface area contributed by atoms with Gasteiger partial charge in [-0.1, -0.05) is 65.1 Å². The van der Waals surface area contributed by atoms with Gasteiger partial charge in [0.05, 0.1) is 15.7 Å². The maximum absolute atomic E-state index is 12.3. The summed E-state index contributed by atoms with van der Waals surface area (Å²) in [5.74, 6) is -0.335. The number of anilines is 1. The molecule has 0 saturated carbocycles. The van der Waals surface area contributed by atoms with Crippen molar-refractivity contribution in [3.8, 4) is 0 Å². The SMILES string of the molecule is CC1(c2ccccc2)CC(Nc2c(Cl)cc(Cl)cc2Cl)C(=O)O1. The number of halogens is 3. The number of hydrogen-bond acceptors (Lipinski definition) is 3. The molecule has 6 heteroatoms. The van der Waals surface area contributed by atoms with E-state index in [1.807, 2.05) is 37.3 Å². The lowest BCUT2D eigenvalue weighted by Crippen LogP contribution is -2.25. The van der Waals surface area contributed by atoms with E-state index < -0.39 is 11.6 Å². The van der Waals surface area contributed by atoms with Crippen LogP contribution in [-0.2, 0) is 15.1 Å². The Hall–Kier alpha value is -1.42. The highest BCUT2D eigenvalue weighted by Crippen LogP contribution is 2.40. The summed E-state index contributed by atoms with van der Waals surface area (Å²) in [6.45, 7) is 1.90. The first-order valence-electron chi connectivity index (χ1n) is 7.08. The van der Waals surface area contributed by atoms with Crippen LogP contribution in [0.2, 0.25) is 15.1 Å². The molecule has 0 spiro atoms. The number of carbonyl (C=O) groups is 1. The number of rotatable bonds is 3. The highest BCUT2D eigenvalue weighted by molar-refractivity contribution is 6.41. The minimum absolute atomic E-state index is 0.335. The number of benzene rings is 2. The highest BCUT2D eigenvalue weighted by Gasteiger charge is 2.44. The zero-order chi connectivity index (χ0) is 16.6. The molecule has 1 heterocycles. The van der Waals surface area contributed by atoms with Gasteiger partial charge in [0.1, 0.15) is 11.6 Å². The molecule has 2 aromatic rings. The predicted octanol–water partition coefficient (Wildman–Crippen LogP) is 5.29. The van der Waals surface area contributed by atoms with Crippen LogP contribution < -0.4 is 5.32 Å². The maximum Gasteiger partial charge on any atom is 0.329 e. The van der Waals surface area contributed by atoms with Gasteiger partial charge in [0.25, 0.3) is 0 Å². The van der Waals surface area contributed by atoms with Crippen LogP contribution >= 0.6 is 34.8 Å². The molecule has 0 aromatic heterocycles. The van der Waals surface area contributed by atoms with Crippen molar-refractivity contribution in [3.63, 3.8) is 0 Å². The first-order valence-corrected chi connectivity index (χ1v) is 8.22. The zero-order valence-corrected chi connectivity index (χ0v) is 14.5. The van der Waals surface area contributed by atoms with E-state index >= 15 is 0 Å². The number of cyclic esters (lactones) is 1. The molecule has 0 radical (unpaired) electrons. The fourth-order valence-corrected chi connectivity index (χ4v) is 3.67. The standard InChI is InChI=1S/C17H14Cl3NO2/c1-17(10-5-3-2-4-6-10)9-14(16(22)23-17)21-15-12(19)7-11(18)8-13(15)20/h2-8,14,21H,9H2,1H3. The van der Waals surface area contributed by atoms with E-state index in [9.17, 15) is 4.79 Å². The van der Waals surface area contributed by atoms with Gasteiger partial charge in [0.15, 0.2) is 0 Å². The van der Waals surface area contributed by atoms with Crippen LogP contribution in [0, 0.1) is 0 Å². The number of carbonyl (C=O) groups excluding carboxylic acids is 1. The Labute approximate surface area is 149 Å². The van der Waals surface area contributed by atoms with Gasteiger partial charge >= 0.3 is 5.97 Å². The van der Waals surface area contributed by atoms with Crippen molar-refractivity contribution in [1.29, 1.82) is 0 Å². The van der Waals surface area contributed by atoms with Crippen molar-refractivity contribution in [1.82, 2.24) is 0 Å². The summed E-state index contributed by atoms with van der Waals surface area (Å²) >= 11 is 18.2. The molecule has 23 heavy (non-hydrogen) atoms. The second-order valence-electron chi connectivity index (χ2n) is 5.66. The van der Waals surface area contributed by atoms with Crippen LogP contribution in [0.1, 0.15) is 18.9 Å². The van der Waals surface area contributed by atoms with Gasteiger partial charge < -0.3 is 10.1 Å². The minimum atomic E-state index is -0.679. The lowest BCUT2D eigenvalue weighted by atomic mass is 9.91. The molecule has 3 nitrogen and oxygen atoms in total. The van der Waals surface area contributed by atoms with Crippen LogP contribution in [0.3, 0.4) is 0 Å². The Morgan fingerprint density at radius 3 is 2.35 bits per heavy atom. The van der Waals surface area contributed by atoms with Gasteiger partial charge in [-0.2, -0.15) is 0 Å². The Morgan fingerprint density at radius 2 is 1.74 bits per heavy atom. The summed E-state index contributed by atoms with van der Waals surface area (Å²) in [5, 5.41) is 4.25. The lowest BCUT2D eigenvalue weighted by molar-refractivity contribution is -0.148. The Balaban J connectivity index is 1.85. The first-order chi connectivity index (χ1) is 10.9. The molecule has 2 unspecified atom stereocenters. The average Bonchev–Trinajstić information content (AvgIpc) is 2.79. The highest BCUT2D eigenvalue weighted by atomic mass is 35.5. The monoisotopic (exact) mass is 369 g/mol. The van der Waals surface area contributed by atoms with Gasteiger partial charge in [-0.3, -0.25) is 0 Å². The van der Waals surface area contributed by atoms with Crippen molar-refractivity contribution in [3.05, 3.63) is 63.1 Å². The zero-order valence-electron chi connectivity index (χ0n) is 12.3. The molecular weight excluding hydrogens is 357 g/mol. The maximum atomic E-state index is 12.3. The third-order valence-corrected chi connectivity index (χ3v) is 4.73. The molecular formula is C17H14Cl3NO2. The van der Waals surface area contributed by atoms with Crippen molar-refractivity contribution in [2.24, 2.45) is 0 Å². The summed E-state index contributed by atoms with van der Waals surface area (Å²) < 4.78 is 5.61. The summed E-state index contributed by atoms with van der Waals surface area (Å²) in [4.78, 5) is 12.3. The molecule has 0 bridgehead atoms. The molecule has 120 valence electrons. The van der Waals surface area contributed by atoms with E-state index in [0.717, 1.165) is 5.56 Å². The lowest BCUT2D eigenvalue weighted by Gasteiger charge is -2.23. The average molecular weight is 371 g/mol. The molecule has 1 aliphatic rings. The van der Waals surface area contributed by atoms with E-state index in [-0.39, 0.29) is 5.97 Å². The molecule has 0 aliphatic carbocycles. The molecule has 0 amide bonds. The van der Waals surface area contributed by atoms with Gasteiger partial charge in [-0.15, -0.1) is 0 Å². The number of ether oxygens (including phenoxy) is 1. The molecule has 2 atom stereocenters. The smallest absolute Gasteiger partial charge is 0.329 e. The fourth-order valence-electron chi connectivity index (χ4n) is 2.74. The number of hydrogen-bond donors (Lipinski definition) is 1. The minimum Gasteiger partial charge on any atom is -0.453 e. The predicted molar refractivity (Wildman–Crippen MR) is 93.4 cm³/mol. The third kappa shape index (κ3) is 3.27. The van der Waals surface area contributed by atoms with Crippen molar-refractivity contribution < 1.29 is 9.53 Å². The molecule has 1 saturated heterocycles. The summed E-state index contributed by atoms with van der Waals surface area (Å²) in [7, 11) is 0. The van der Waals surface area contributed by atoms with Crippen molar-refractivity contribution >= 4 is 46.5 Å². The molecule has 1 N–H and O–H groups in total. The Bertz CT molecular complexity index is 728. The summed E-state index contributed by atoms with van der Waals surface area (Å²) in [6, 6.07) is 12.3. The van der Waals surface area contributed by atoms with Gasteiger partial charge in [0.2, 0.25) is 0 Å². The van der Waals surface area contributed by atoms with Crippen LogP contribution in [0.25, 0.3) is 0 Å². The molecule has 3 rings (SSSR count). The van der Waals surface area contributed by atoms with Crippen LogP contribution in [0.15, 0.2) is 42.5 Å². The second kappa shape index (κ2) is 6.23. The Kier molecular flexibility index (Phi) is 4.45.